The second-order valence-electron chi connectivity index (χ2n) is 5.81. The smallest absolute Gasteiger partial charge is 0.293 e. The number of ether oxygens (including phenoxy) is 2. The highest BCUT2D eigenvalue weighted by atomic mass is 16.6. The maximum Gasteiger partial charge on any atom is 0.293 e. The summed E-state index contributed by atoms with van der Waals surface area (Å²) in [5.41, 5.74) is 1.45. The molecule has 1 aliphatic heterocycles. The summed E-state index contributed by atoms with van der Waals surface area (Å²) in [6, 6.07) is 9.81. The molecular weight excluding hydrogens is 324 g/mol. The fourth-order valence-electron chi connectivity index (χ4n) is 2.67. The van der Waals surface area contributed by atoms with E-state index in [1.54, 1.807) is 12.1 Å². The molecule has 0 bridgehead atoms. The van der Waals surface area contributed by atoms with Gasteiger partial charge in [-0.25, -0.2) is 0 Å². The highest BCUT2D eigenvalue weighted by molar-refractivity contribution is 5.95. The Balaban J connectivity index is 1.86. The van der Waals surface area contributed by atoms with E-state index in [9.17, 15) is 14.9 Å². The van der Waals surface area contributed by atoms with Gasteiger partial charge in [-0.05, 0) is 43.7 Å². The SMILES string of the molecule is CC(=O)c1ccc(N[C@@H](C)c2ccc3c(c2)OCCO3)c([N+](=O)[O-])c1. The van der Waals surface area contributed by atoms with Gasteiger partial charge >= 0.3 is 0 Å². The van der Waals surface area contributed by atoms with Gasteiger partial charge < -0.3 is 14.8 Å². The van der Waals surface area contributed by atoms with Crippen LogP contribution in [0.4, 0.5) is 11.4 Å². The van der Waals surface area contributed by atoms with Crippen LogP contribution in [0, 0.1) is 10.1 Å². The van der Waals surface area contributed by atoms with E-state index in [0.29, 0.717) is 36.0 Å². The molecule has 1 N–H and O–H groups in total. The summed E-state index contributed by atoms with van der Waals surface area (Å²) in [6.45, 7) is 4.29. The molecule has 7 heteroatoms. The van der Waals surface area contributed by atoms with Crippen molar-refractivity contribution in [2.75, 3.05) is 18.5 Å². The number of rotatable bonds is 5. The highest BCUT2D eigenvalue weighted by Gasteiger charge is 2.19. The lowest BCUT2D eigenvalue weighted by molar-refractivity contribution is -0.384. The third-order valence-corrected chi connectivity index (χ3v) is 4.04. The van der Waals surface area contributed by atoms with Crippen LogP contribution < -0.4 is 14.8 Å². The molecule has 3 rings (SSSR count). The molecule has 0 unspecified atom stereocenters. The first kappa shape index (κ1) is 16.8. The average Bonchev–Trinajstić information content (AvgIpc) is 2.61. The lowest BCUT2D eigenvalue weighted by Gasteiger charge is -2.21. The Bertz CT molecular complexity index is 834. The average molecular weight is 342 g/mol. The molecule has 7 nitrogen and oxygen atoms in total. The van der Waals surface area contributed by atoms with Crippen LogP contribution in [-0.2, 0) is 0 Å². The Morgan fingerprint density at radius 1 is 1.16 bits per heavy atom. The van der Waals surface area contributed by atoms with Gasteiger partial charge in [0, 0.05) is 17.7 Å². The van der Waals surface area contributed by atoms with Gasteiger partial charge in [0.25, 0.3) is 5.69 Å². The van der Waals surface area contributed by atoms with Gasteiger partial charge in [0.15, 0.2) is 17.3 Å². The first-order chi connectivity index (χ1) is 12.0. The molecule has 0 spiro atoms. The summed E-state index contributed by atoms with van der Waals surface area (Å²) >= 11 is 0. The second kappa shape index (κ2) is 6.80. The standard InChI is InChI=1S/C18H18N2O5/c1-11(13-4-6-17-18(10-13)25-8-7-24-17)19-15-5-3-14(12(2)21)9-16(15)20(22)23/h3-6,9-11,19H,7-8H2,1-2H3/t11-/m0/s1. The number of nitro benzene ring substituents is 1. The summed E-state index contributed by atoms with van der Waals surface area (Å²) in [5, 5.41) is 14.5. The minimum atomic E-state index is -0.495. The van der Waals surface area contributed by atoms with Crippen molar-refractivity contribution >= 4 is 17.2 Å². The fraction of sp³-hybridized carbons (Fsp3) is 0.278. The summed E-state index contributed by atoms with van der Waals surface area (Å²) in [6.07, 6.45) is 0. The molecule has 0 radical (unpaired) electrons. The molecule has 25 heavy (non-hydrogen) atoms. The number of fused-ring (bicyclic) bond motifs is 1. The minimum absolute atomic E-state index is 0.128. The van der Waals surface area contributed by atoms with E-state index in [1.807, 2.05) is 25.1 Å². The molecule has 0 saturated heterocycles. The molecule has 0 aromatic heterocycles. The number of hydrogen-bond donors (Lipinski definition) is 1. The highest BCUT2D eigenvalue weighted by Crippen LogP contribution is 2.35. The molecule has 130 valence electrons. The van der Waals surface area contributed by atoms with Gasteiger partial charge in [-0.1, -0.05) is 6.07 Å². The van der Waals surface area contributed by atoms with Crippen molar-refractivity contribution in [3.8, 4) is 11.5 Å². The van der Waals surface area contributed by atoms with Crippen LogP contribution >= 0.6 is 0 Å². The summed E-state index contributed by atoms with van der Waals surface area (Å²) in [5.74, 6) is 1.15. The van der Waals surface area contributed by atoms with Crippen LogP contribution in [0.15, 0.2) is 36.4 Å². The Labute approximate surface area is 144 Å². The van der Waals surface area contributed by atoms with Crippen molar-refractivity contribution in [2.24, 2.45) is 0 Å². The summed E-state index contributed by atoms with van der Waals surface area (Å²) in [7, 11) is 0. The predicted molar refractivity (Wildman–Crippen MR) is 92.6 cm³/mol. The van der Waals surface area contributed by atoms with Crippen molar-refractivity contribution in [3.63, 3.8) is 0 Å². The molecule has 0 amide bonds. The first-order valence-corrected chi connectivity index (χ1v) is 7.91. The van der Waals surface area contributed by atoms with Crippen molar-refractivity contribution in [2.45, 2.75) is 19.9 Å². The number of anilines is 1. The van der Waals surface area contributed by atoms with E-state index in [4.69, 9.17) is 9.47 Å². The summed E-state index contributed by atoms with van der Waals surface area (Å²) < 4.78 is 11.1. The lowest BCUT2D eigenvalue weighted by atomic mass is 10.1. The van der Waals surface area contributed by atoms with Crippen LogP contribution in [0.1, 0.15) is 35.8 Å². The van der Waals surface area contributed by atoms with E-state index < -0.39 is 4.92 Å². The van der Waals surface area contributed by atoms with Crippen molar-refractivity contribution in [3.05, 3.63) is 57.6 Å². The topological polar surface area (TPSA) is 90.7 Å². The summed E-state index contributed by atoms with van der Waals surface area (Å²) in [4.78, 5) is 22.3. The molecular formula is C18H18N2O5. The zero-order valence-corrected chi connectivity index (χ0v) is 13.9. The normalized spacial score (nSPS) is 13.8. The van der Waals surface area contributed by atoms with Crippen LogP contribution in [0.25, 0.3) is 0 Å². The zero-order chi connectivity index (χ0) is 18.0. The largest absolute Gasteiger partial charge is 0.486 e. The zero-order valence-electron chi connectivity index (χ0n) is 13.9. The van der Waals surface area contributed by atoms with Crippen LogP contribution in [-0.4, -0.2) is 23.9 Å². The number of benzene rings is 2. The van der Waals surface area contributed by atoms with Gasteiger partial charge in [0.1, 0.15) is 18.9 Å². The molecule has 0 aliphatic carbocycles. The monoisotopic (exact) mass is 342 g/mol. The van der Waals surface area contributed by atoms with Gasteiger partial charge in [0.05, 0.1) is 4.92 Å². The Morgan fingerprint density at radius 3 is 2.56 bits per heavy atom. The van der Waals surface area contributed by atoms with Gasteiger partial charge in [-0.2, -0.15) is 0 Å². The molecule has 2 aromatic rings. The van der Waals surface area contributed by atoms with E-state index >= 15 is 0 Å². The van der Waals surface area contributed by atoms with Crippen LogP contribution in [0.2, 0.25) is 0 Å². The first-order valence-electron chi connectivity index (χ1n) is 7.91. The predicted octanol–water partition coefficient (Wildman–Crippen LogP) is 3.74. The number of Topliss-reactive ketones (excluding diaryl/α,β-unsaturated/α-hetero) is 1. The van der Waals surface area contributed by atoms with E-state index in [1.165, 1.54) is 13.0 Å². The number of carbonyl (C=O) groups excluding carboxylic acids is 1. The Hall–Kier alpha value is -3.09. The van der Waals surface area contributed by atoms with E-state index in [2.05, 4.69) is 5.32 Å². The maximum atomic E-state index is 11.4. The number of hydrogen-bond acceptors (Lipinski definition) is 6. The van der Waals surface area contributed by atoms with Crippen molar-refractivity contribution < 1.29 is 19.2 Å². The molecule has 0 saturated carbocycles. The van der Waals surface area contributed by atoms with Gasteiger partial charge in [-0.15, -0.1) is 0 Å². The van der Waals surface area contributed by atoms with E-state index in [-0.39, 0.29) is 17.5 Å². The maximum absolute atomic E-state index is 11.4. The Kier molecular flexibility index (Phi) is 4.56. The molecule has 1 aliphatic rings. The van der Waals surface area contributed by atoms with Crippen molar-refractivity contribution in [1.29, 1.82) is 0 Å². The number of nitrogens with zero attached hydrogens (tertiary/aromatic N) is 1. The molecule has 2 aromatic carbocycles. The second-order valence-corrected chi connectivity index (χ2v) is 5.81. The number of carbonyl (C=O) groups is 1. The Morgan fingerprint density at radius 2 is 1.88 bits per heavy atom. The van der Waals surface area contributed by atoms with Gasteiger partial charge in [-0.3, -0.25) is 14.9 Å². The third-order valence-electron chi connectivity index (χ3n) is 4.04. The number of nitrogens with one attached hydrogen (secondary N) is 1. The minimum Gasteiger partial charge on any atom is -0.486 e. The quantitative estimate of drug-likeness (QED) is 0.506. The third kappa shape index (κ3) is 3.55. The van der Waals surface area contributed by atoms with Crippen LogP contribution in [0.5, 0.6) is 11.5 Å². The van der Waals surface area contributed by atoms with Crippen LogP contribution in [0.3, 0.4) is 0 Å². The molecule has 1 atom stereocenters. The van der Waals surface area contributed by atoms with Crippen molar-refractivity contribution in [1.82, 2.24) is 0 Å². The molecule has 1 heterocycles. The molecule has 0 fully saturated rings. The fourth-order valence-corrected chi connectivity index (χ4v) is 2.67. The number of ketones is 1. The van der Waals surface area contributed by atoms with E-state index in [0.717, 1.165) is 5.56 Å². The lowest BCUT2D eigenvalue weighted by Crippen LogP contribution is -2.16. The van der Waals surface area contributed by atoms with Gasteiger partial charge in [0.2, 0.25) is 0 Å². The number of nitro groups is 1.